The van der Waals surface area contributed by atoms with Crippen molar-refractivity contribution < 1.29 is 9.53 Å². The Kier molecular flexibility index (Phi) is 3.96. The molecule has 0 saturated carbocycles. The maximum atomic E-state index is 11.1. The van der Waals surface area contributed by atoms with Gasteiger partial charge in [-0.15, -0.1) is 0 Å². The SMILES string of the molecule is CCCc1cccc(C(=O)Cl)c1OC. The molecule has 0 heterocycles. The molecule has 2 nitrogen and oxygen atoms in total. The van der Waals surface area contributed by atoms with E-state index in [4.69, 9.17) is 16.3 Å². The van der Waals surface area contributed by atoms with E-state index in [-0.39, 0.29) is 0 Å². The molecule has 0 amide bonds. The predicted molar refractivity (Wildman–Crippen MR) is 57.2 cm³/mol. The first kappa shape index (κ1) is 11.1. The van der Waals surface area contributed by atoms with E-state index in [0.29, 0.717) is 11.3 Å². The van der Waals surface area contributed by atoms with Gasteiger partial charge in [-0.1, -0.05) is 25.5 Å². The fraction of sp³-hybridized carbons (Fsp3) is 0.364. The summed E-state index contributed by atoms with van der Waals surface area (Å²) in [5.74, 6) is 0.606. The molecule has 0 aliphatic carbocycles. The van der Waals surface area contributed by atoms with Crippen molar-refractivity contribution in [3.05, 3.63) is 29.3 Å². The summed E-state index contributed by atoms with van der Waals surface area (Å²) in [6.45, 7) is 2.08. The lowest BCUT2D eigenvalue weighted by Crippen LogP contribution is -1.99. The molecule has 0 aromatic heterocycles. The second-order valence-corrected chi connectivity index (χ2v) is 3.36. The average Bonchev–Trinajstić information content (AvgIpc) is 2.18. The van der Waals surface area contributed by atoms with Crippen LogP contribution in [0.25, 0.3) is 0 Å². The molecular weight excluding hydrogens is 200 g/mol. The van der Waals surface area contributed by atoms with Crippen LogP contribution < -0.4 is 4.74 Å². The molecule has 0 saturated heterocycles. The lowest BCUT2D eigenvalue weighted by atomic mass is 10.1. The molecule has 1 rings (SSSR count). The lowest BCUT2D eigenvalue weighted by Gasteiger charge is -2.10. The van der Waals surface area contributed by atoms with Crippen molar-refractivity contribution in [1.82, 2.24) is 0 Å². The first-order valence-corrected chi connectivity index (χ1v) is 4.94. The summed E-state index contributed by atoms with van der Waals surface area (Å²) in [4.78, 5) is 11.1. The van der Waals surface area contributed by atoms with E-state index in [1.54, 1.807) is 13.2 Å². The molecule has 0 spiro atoms. The van der Waals surface area contributed by atoms with Crippen molar-refractivity contribution in [1.29, 1.82) is 0 Å². The van der Waals surface area contributed by atoms with Crippen LogP contribution in [0, 0.1) is 0 Å². The summed E-state index contributed by atoms with van der Waals surface area (Å²) in [7, 11) is 1.55. The van der Waals surface area contributed by atoms with Gasteiger partial charge in [0.05, 0.1) is 12.7 Å². The molecule has 14 heavy (non-hydrogen) atoms. The minimum absolute atomic E-state index is 0.445. The Hall–Kier alpha value is -1.02. The third-order valence-corrected chi connectivity index (χ3v) is 2.24. The van der Waals surface area contributed by atoms with E-state index in [9.17, 15) is 4.79 Å². The van der Waals surface area contributed by atoms with Gasteiger partial charge in [-0.2, -0.15) is 0 Å². The smallest absolute Gasteiger partial charge is 0.256 e. The Labute approximate surface area is 88.8 Å². The fourth-order valence-corrected chi connectivity index (χ4v) is 1.60. The molecule has 0 radical (unpaired) electrons. The second-order valence-electron chi connectivity index (χ2n) is 3.02. The number of hydrogen-bond donors (Lipinski definition) is 0. The van der Waals surface area contributed by atoms with Crippen LogP contribution in [0.3, 0.4) is 0 Å². The highest BCUT2D eigenvalue weighted by atomic mass is 35.5. The number of methoxy groups -OCH3 is 1. The van der Waals surface area contributed by atoms with Crippen molar-refractivity contribution in [2.45, 2.75) is 19.8 Å². The summed E-state index contributed by atoms with van der Waals surface area (Å²) >= 11 is 5.44. The Morgan fingerprint density at radius 3 is 2.71 bits per heavy atom. The van der Waals surface area contributed by atoms with Gasteiger partial charge in [-0.3, -0.25) is 4.79 Å². The van der Waals surface area contributed by atoms with Crippen molar-refractivity contribution >= 4 is 16.8 Å². The van der Waals surface area contributed by atoms with Gasteiger partial charge in [0.25, 0.3) is 5.24 Å². The summed E-state index contributed by atoms with van der Waals surface area (Å²) in [6, 6.07) is 5.45. The number of hydrogen-bond acceptors (Lipinski definition) is 2. The molecule has 76 valence electrons. The monoisotopic (exact) mass is 212 g/mol. The standard InChI is InChI=1S/C11H13ClO2/c1-3-5-8-6-4-7-9(11(12)13)10(8)14-2/h4,6-7H,3,5H2,1-2H3. The Morgan fingerprint density at radius 2 is 2.21 bits per heavy atom. The molecule has 0 unspecified atom stereocenters. The van der Waals surface area contributed by atoms with Crippen LogP contribution in [0.4, 0.5) is 0 Å². The van der Waals surface area contributed by atoms with Gasteiger partial charge in [0.2, 0.25) is 0 Å². The molecule has 1 aromatic rings. The minimum Gasteiger partial charge on any atom is -0.496 e. The van der Waals surface area contributed by atoms with E-state index in [1.165, 1.54) is 0 Å². The zero-order chi connectivity index (χ0) is 10.6. The van der Waals surface area contributed by atoms with Gasteiger partial charge in [0, 0.05) is 0 Å². The van der Waals surface area contributed by atoms with Gasteiger partial charge in [0.1, 0.15) is 5.75 Å². The summed E-state index contributed by atoms with van der Waals surface area (Å²) in [6.07, 6.45) is 1.90. The topological polar surface area (TPSA) is 26.3 Å². The highest BCUT2D eigenvalue weighted by molar-refractivity contribution is 6.68. The van der Waals surface area contributed by atoms with E-state index in [2.05, 4.69) is 6.92 Å². The van der Waals surface area contributed by atoms with E-state index in [0.717, 1.165) is 18.4 Å². The first-order chi connectivity index (χ1) is 6.70. The Morgan fingerprint density at radius 1 is 1.50 bits per heavy atom. The number of carbonyl (C=O) groups excluding carboxylic acids is 1. The molecule has 0 N–H and O–H groups in total. The van der Waals surface area contributed by atoms with Crippen LogP contribution in [0.5, 0.6) is 5.75 Å². The third-order valence-electron chi connectivity index (χ3n) is 2.03. The van der Waals surface area contributed by atoms with Crippen LogP contribution >= 0.6 is 11.6 Å². The van der Waals surface area contributed by atoms with Crippen molar-refractivity contribution in [2.24, 2.45) is 0 Å². The molecule has 0 aliphatic heterocycles. The average molecular weight is 213 g/mol. The molecule has 0 fully saturated rings. The number of para-hydroxylation sites is 1. The van der Waals surface area contributed by atoms with Crippen LogP contribution in [-0.4, -0.2) is 12.4 Å². The third kappa shape index (κ3) is 2.26. The molecule has 0 atom stereocenters. The highest BCUT2D eigenvalue weighted by Gasteiger charge is 2.12. The van der Waals surface area contributed by atoms with Gasteiger partial charge in [-0.25, -0.2) is 0 Å². The van der Waals surface area contributed by atoms with Crippen LogP contribution in [0.15, 0.2) is 18.2 Å². The predicted octanol–water partition coefficient (Wildman–Crippen LogP) is 3.03. The lowest BCUT2D eigenvalue weighted by molar-refractivity contribution is 0.107. The number of ether oxygens (including phenoxy) is 1. The zero-order valence-electron chi connectivity index (χ0n) is 8.34. The van der Waals surface area contributed by atoms with Crippen LogP contribution in [0.1, 0.15) is 29.3 Å². The maximum absolute atomic E-state index is 11.1. The van der Waals surface area contributed by atoms with Crippen LogP contribution in [0.2, 0.25) is 0 Å². The summed E-state index contributed by atoms with van der Waals surface area (Å²) < 4.78 is 5.19. The van der Waals surface area contributed by atoms with E-state index in [1.807, 2.05) is 12.1 Å². The minimum atomic E-state index is -0.472. The van der Waals surface area contributed by atoms with Gasteiger partial charge in [-0.05, 0) is 29.7 Å². The van der Waals surface area contributed by atoms with Crippen molar-refractivity contribution in [2.75, 3.05) is 7.11 Å². The maximum Gasteiger partial charge on any atom is 0.256 e. The highest BCUT2D eigenvalue weighted by Crippen LogP contribution is 2.26. The zero-order valence-corrected chi connectivity index (χ0v) is 9.10. The number of rotatable bonds is 4. The second kappa shape index (κ2) is 5.01. The van der Waals surface area contributed by atoms with Crippen molar-refractivity contribution in [3.63, 3.8) is 0 Å². The number of halogens is 1. The number of aryl methyl sites for hydroxylation is 1. The van der Waals surface area contributed by atoms with Crippen LogP contribution in [-0.2, 0) is 6.42 Å². The number of benzene rings is 1. The largest absolute Gasteiger partial charge is 0.496 e. The first-order valence-electron chi connectivity index (χ1n) is 4.56. The normalized spacial score (nSPS) is 9.93. The van der Waals surface area contributed by atoms with E-state index >= 15 is 0 Å². The molecule has 1 aromatic carbocycles. The van der Waals surface area contributed by atoms with Gasteiger partial charge in [0.15, 0.2) is 0 Å². The van der Waals surface area contributed by atoms with Crippen molar-refractivity contribution in [3.8, 4) is 5.75 Å². The summed E-state index contributed by atoms with van der Waals surface area (Å²) in [5.41, 5.74) is 1.47. The Balaban J connectivity index is 3.17. The quantitative estimate of drug-likeness (QED) is 0.718. The Bertz CT molecular complexity index is 334. The molecular formula is C11H13ClO2. The van der Waals surface area contributed by atoms with Gasteiger partial charge >= 0.3 is 0 Å². The fourth-order valence-electron chi connectivity index (χ4n) is 1.45. The molecule has 0 aliphatic rings. The van der Waals surface area contributed by atoms with Gasteiger partial charge < -0.3 is 4.74 Å². The summed E-state index contributed by atoms with van der Waals surface area (Å²) in [5, 5.41) is -0.472. The van der Waals surface area contributed by atoms with E-state index < -0.39 is 5.24 Å². The molecule has 0 bridgehead atoms. The number of carbonyl (C=O) groups is 1. The molecule has 3 heteroatoms.